The molecule has 3 aromatic rings. The molecule has 126 valence electrons. The summed E-state index contributed by atoms with van der Waals surface area (Å²) in [7, 11) is 0. The summed E-state index contributed by atoms with van der Waals surface area (Å²) in [4.78, 5) is 14.7. The molecule has 1 aliphatic rings. The standard InChI is InChI=1S/C21H18FNO2/c1-14(18-4-2-3-5-20(18)22)23-10-8-16-12-15(17-9-11-25-13-17)6-7-19(16)21(23)24/h2-7,9,11-14H,8,10H2,1H3. The van der Waals surface area contributed by atoms with Crippen molar-refractivity contribution in [3.8, 4) is 11.1 Å². The molecule has 0 N–H and O–H groups in total. The van der Waals surface area contributed by atoms with Crippen LogP contribution in [-0.2, 0) is 6.42 Å². The minimum atomic E-state index is -0.296. The molecule has 0 spiro atoms. The summed E-state index contributed by atoms with van der Waals surface area (Å²) >= 11 is 0. The van der Waals surface area contributed by atoms with Crippen LogP contribution in [-0.4, -0.2) is 17.4 Å². The lowest BCUT2D eigenvalue weighted by atomic mass is 9.93. The van der Waals surface area contributed by atoms with Crippen LogP contribution in [0.25, 0.3) is 11.1 Å². The summed E-state index contributed by atoms with van der Waals surface area (Å²) in [5.74, 6) is -0.320. The highest BCUT2D eigenvalue weighted by molar-refractivity contribution is 5.97. The fourth-order valence-corrected chi connectivity index (χ4v) is 3.47. The maximum atomic E-state index is 14.1. The monoisotopic (exact) mass is 335 g/mol. The largest absolute Gasteiger partial charge is 0.472 e. The molecule has 25 heavy (non-hydrogen) atoms. The van der Waals surface area contributed by atoms with Gasteiger partial charge in [-0.2, -0.15) is 0 Å². The molecule has 0 radical (unpaired) electrons. The predicted octanol–water partition coefficient (Wildman–Crippen LogP) is 4.85. The average Bonchev–Trinajstić information content (AvgIpc) is 3.16. The molecule has 1 atom stereocenters. The van der Waals surface area contributed by atoms with E-state index in [0.717, 1.165) is 23.1 Å². The Balaban J connectivity index is 1.64. The first-order valence-corrected chi connectivity index (χ1v) is 8.36. The van der Waals surface area contributed by atoms with E-state index < -0.39 is 0 Å². The van der Waals surface area contributed by atoms with Crippen LogP contribution in [0.1, 0.15) is 34.5 Å². The fourth-order valence-electron chi connectivity index (χ4n) is 3.47. The maximum Gasteiger partial charge on any atom is 0.254 e. The molecule has 1 aromatic heterocycles. The van der Waals surface area contributed by atoms with Crippen molar-refractivity contribution < 1.29 is 13.6 Å². The molecule has 4 heteroatoms. The van der Waals surface area contributed by atoms with Gasteiger partial charge >= 0.3 is 0 Å². The number of nitrogens with zero attached hydrogens (tertiary/aromatic N) is 1. The summed E-state index contributed by atoms with van der Waals surface area (Å²) in [6.45, 7) is 2.46. The number of benzene rings is 2. The topological polar surface area (TPSA) is 33.5 Å². The molecule has 1 aliphatic heterocycles. The van der Waals surface area contributed by atoms with Crippen LogP contribution in [0.4, 0.5) is 4.39 Å². The normalized spacial score (nSPS) is 15.1. The van der Waals surface area contributed by atoms with E-state index in [1.165, 1.54) is 6.07 Å². The molecule has 0 saturated heterocycles. The van der Waals surface area contributed by atoms with Crippen molar-refractivity contribution in [1.29, 1.82) is 0 Å². The first-order chi connectivity index (χ1) is 12.1. The van der Waals surface area contributed by atoms with Gasteiger partial charge in [0.05, 0.1) is 18.6 Å². The van der Waals surface area contributed by atoms with Gasteiger partial charge in [0, 0.05) is 23.2 Å². The van der Waals surface area contributed by atoms with E-state index in [2.05, 4.69) is 0 Å². The zero-order valence-electron chi connectivity index (χ0n) is 13.9. The average molecular weight is 335 g/mol. The third-order valence-corrected chi connectivity index (χ3v) is 4.90. The number of carbonyl (C=O) groups excluding carboxylic acids is 1. The molecule has 4 rings (SSSR count). The quantitative estimate of drug-likeness (QED) is 0.686. The zero-order valence-corrected chi connectivity index (χ0v) is 13.9. The van der Waals surface area contributed by atoms with E-state index in [0.29, 0.717) is 17.7 Å². The van der Waals surface area contributed by atoms with Gasteiger partial charge in [0.15, 0.2) is 0 Å². The zero-order chi connectivity index (χ0) is 17.4. The highest BCUT2D eigenvalue weighted by Crippen LogP contribution is 2.31. The van der Waals surface area contributed by atoms with Crippen molar-refractivity contribution >= 4 is 5.91 Å². The van der Waals surface area contributed by atoms with Gasteiger partial charge in [0.25, 0.3) is 5.91 Å². The van der Waals surface area contributed by atoms with Crippen LogP contribution in [0.2, 0.25) is 0 Å². The highest BCUT2D eigenvalue weighted by atomic mass is 19.1. The number of amides is 1. The van der Waals surface area contributed by atoms with Gasteiger partial charge < -0.3 is 9.32 Å². The molecule has 0 fully saturated rings. The molecule has 2 aromatic carbocycles. The van der Waals surface area contributed by atoms with Gasteiger partial charge in [0.2, 0.25) is 0 Å². The Morgan fingerprint density at radius 3 is 2.72 bits per heavy atom. The summed E-state index contributed by atoms with van der Waals surface area (Å²) in [5, 5.41) is 0. The molecule has 2 heterocycles. The van der Waals surface area contributed by atoms with Crippen molar-refractivity contribution in [3.63, 3.8) is 0 Å². The number of hydrogen-bond donors (Lipinski definition) is 0. The summed E-state index contributed by atoms with van der Waals surface area (Å²) < 4.78 is 19.2. The second-order valence-corrected chi connectivity index (χ2v) is 6.33. The van der Waals surface area contributed by atoms with Crippen molar-refractivity contribution in [3.05, 3.63) is 83.6 Å². The van der Waals surface area contributed by atoms with E-state index in [1.807, 2.05) is 31.2 Å². The van der Waals surface area contributed by atoms with E-state index in [4.69, 9.17) is 4.42 Å². The Kier molecular flexibility index (Phi) is 3.88. The van der Waals surface area contributed by atoms with E-state index >= 15 is 0 Å². The van der Waals surface area contributed by atoms with E-state index in [-0.39, 0.29) is 17.8 Å². The molecule has 1 amide bonds. The first kappa shape index (κ1) is 15.6. The Bertz CT molecular complexity index is 917. The van der Waals surface area contributed by atoms with Crippen molar-refractivity contribution in [2.24, 2.45) is 0 Å². The molecule has 0 bridgehead atoms. The van der Waals surface area contributed by atoms with Crippen molar-refractivity contribution in [2.75, 3.05) is 6.54 Å². The van der Waals surface area contributed by atoms with Crippen LogP contribution >= 0.6 is 0 Å². The van der Waals surface area contributed by atoms with Crippen molar-refractivity contribution in [2.45, 2.75) is 19.4 Å². The number of carbonyl (C=O) groups is 1. The smallest absolute Gasteiger partial charge is 0.254 e. The lowest BCUT2D eigenvalue weighted by Gasteiger charge is -2.34. The molecular weight excluding hydrogens is 317 g/mol. The number of hydrogen-bond acceptors (Lipinski definition) is 2. The third-order valence-electron chi connectivity index (χ3n) is 4.90. The second-order valence-electron chi connectivity index (χ2n) is 6.33. The second kappa shape index (κ2) is 6.20. The first-order valence-electron chi connectivity index (χ1n) is 8.36. The van der Waals surface area contributed by atoms with Crippen LogP contribution in [0.3, 0.4) is 0 Å². The highest BCUT2D eigenvalue weighted by Gasteiger charge is 2.29. The van der Waals surface area contributed by atoms with E-state index in [9.17, 15) is 9.18 Å². The van der Waals surface area contributed by atoms with Crippen LogP contribution < -0.4 is 0 Å². The SMILES string of the molecule is CC(c1ccccc1F)N1CCc2cc(-c3ccoc3)ccc2C1=O. The van der Waals surface area contributed by atoms with Gasteiger partial charge in [-0.3, -0.25) is 4.79 Å². The number of furan rings is 1. The predicted molar refractivity (Wildman–Crippen MR) is 93.7 cm³/mol. The molecule has 0 saturated carbocycles. The molecule has 3 nitrogen and oxygen atoms in total. The van der Waals surface area contributed by atoms with Gasteiger partial charge in [-0.25, -0.2) is 4.39 Å². The van der Waals surface area contributed by atoms with Gasteiger partial charge in [0.1, 0.15) is 5.82 Å². The van der Waals surface area contributed by atoms with Crippen LogP contribution in [0.15, 0.2) is 65.5 Å². The third kappa shape index (κ3) is 2.74. The summed E-state index contributed by atoms with van der Waals surface area (Å²) in [6.07, 6.45) is 4.09. The number of fused-ring (bicyclic) bond motifs is 1. The minimum absolute atomic E-state index is 0.0456. The van der Waals surface area contributed by atoms with Gasteiger partial charge in [-0.05, 0) is 42.7 Å². The van der Waals surface area contributed by atoms with E-state index in [1.54, 1.807) is 35.6 Å². The molecule has 0 aliphatic carbocycles. The maximum absolute atomic E-state index is 14.1. The minimum Gasteiger partial charge on any atom is -0.472 e. The van der Waals surface area contributed by atoms with Gasteiger partial charge in [-0.1, -0.05) is 30.3 Å². The Labute approximate surface area is 145 Å². The Morgan fingerprint density at radius 2 is 1.96 bits per heavy atom. The number of rotatable bonds is 3. The number of halogens is 1. The lowest BCUT2D eigenvalue weighted by Crippen LogP contribution is -2.39. The molecule has 1 unspecified atom stereocenters. The van der Waals surface area contributed by atoms with Crippen molar-refractivity contribution in [1.82, 2.24) is 4.90 Å². The molecular formula is C21H18FNO2. The Hall–Kier alpha value is -2.88. The van der Waals surface area contributed by atoms with Crippen LogP contribution in [0, 0.1) is 5.82 Å². The fraction of sp³-hybridized carbons (Fsp3) is 0.190. The lowest BCUT2D eigenvalue weighted by molar-refractivity contribution is 0.0670. The summed E-state index contributed by atoms with van der Waals surface area (Å²) in [5.41, 5.74) is 4.31. The van der Waals surface area contributed by atoms with Gasteiger partial charge in [-0.15, -0.1) is 0 Å². The van der Waals surface area contributed by atoms with Crippen LogP contribution in [0.5, 0.6) is 0 Å². The summed E-state index contributed by atoms with van der Waals surface area (Å²) in [6, 6.07) is 14.1. The Morgan fingerprint density at radius 1 is 1.12 bits per heavy atom.